The maximum atomic E-state index is 12.5. The minimum atomic E-state index is -3.64. The topological polar surface area (TPSA) is 131 Å². The number of aliphatic carboxylic acids is 1. The zero-order valence-corrected chi connectivity index (χ0v) is 16.0. The number of nitrogens with one attached hydrogen (secondary N) is 2. The van der Waals surface area contributed by atoms with E-state index in [1.807, 2.05) is 6.92 Å². The molecule has 0 saturated carbocycles. The van der Waals surface area contributed by atoms with Gasteiger partial charge in [0.1, 0.15) is 6.04 Å². The molecule has 3 N–H and O–H groups in total. The van der Waals surface area contributed by atoms with Gasteiger partial charge in [0.05, 0.1) is 26.2 Å². The molecule has 0 spiro atoms. The molecule has 1 aromatic carbocycles. The number of hydrogen-bond acceptors (Lipinski definition) is 6. The van der Waals surface area contributed by atoms with Gasteiger partial charge >= 0.3 is 5.97 Å². The molecule has 0 fully saturated rings. The van der Waals surface area contributed by atoms with Crippen LogP contribution < -0.4 is 19.5 Å². The van der Waals surface area contributed by atoms with E-state index in [0.717, 1.165) is 12.7 Å². The lowest BCUT2D eigenvalue weighted by Crippen LogP contribution is -2.40. The van der Waals surface area contributed by atoms with Gasteiger partial charge in [-0.1, -0.05) is 19.8 Å². The van der Waals surface area contributed by atoms with Crippen LogP contribution in [0.15, 0.2) is 12.1 Å². The molecule has 0 radical (unpaired) electrons. The first-order valence-corrected chi connectivity index (χ1v) is 9.79. The van der Waals surface area contributed by atoms with Crippen molar-refractivity contribution in [1.82, 2.24) is 5.32 Å². The molecule has 0 heterocycles. The molecule has 26 heavy (non-hydrogen) atoms. The molecule has 10 heteroatoms. The van der Waals surface area contributed by atoms with Crippen LogP contribution >= 0.6 is 0 Å². The highest BCUT2D eigenvalue weighted by Crippen LogP contribution is 2.37. The maximum Gasteiger partial charge on any atom is 0.326 e. The molecule has 1 atom stereocenters. The van der Waals surface area contributed by atoms with Crippen molar-refractivity contribution in [2.24, 2.45) is 0 Å². The predicted molar refractivity (Wildman–Crippen MR) is 96.4 cm³/mol. The highest BCUT2D eigenvalue weighted by atomic mass is 32.2. The van der Waals surface area contributed by atoms with Crippen molar-refractivity contribution in [2.45, 2.75) is 32.2 Å². The monoisotopic (exact) mass is 388 g/mol. The number of carboxylic acid groups (broad SMARTS) is 1. The minimum Gasteiger partial charge on any atom is -0.493 e. The summed E-state index contributed by atoms with van der Waals surface area (Å²) in [6, 6.07) is 1.57. The molecule has 9 nitrogen and oxygen atoms in total. The Labute approximate surface area is 152 Å². The van der Waals surface area contributed by atoms with Gasteiger partial charge in [0.25, 0.3) is 5.91 Å². The van der Waals surface area contributed by atoms with E-state index < -0.39 is 27.9 Å². The Kier molecular flexibility index (Phi) is 7.69. The maximum absolute atomic E-state index is 12.5. The second kappa shape index (κ2) is 9.27. The van der Waals surface area contributed by atoms with Crippen molar-refractivity contribution < 1.29 is 32.6 Å². The molecule has 0 aliphatic carbocycles. The molecule has 1 aromatic rings. The van der Waals surface area contributed by atoms with Crippen molar-refractivity contribution >= 4 is 27.6 Å². The van der Waals surface area contributed by atoms with Crippen molar-refractivity contribution in [3.8, 4) is 11.5 Å². The number of benzene rings is 1. The summed E-state index contributed by atoms with van der Waals surface area (Å²) in [5, 5.41) is 11.7. The highest BCUT2D eigenvalue weighted by molar-refractivity contribution is 7.92. The van der Waals surface area contributed by atoms with E-state index in [1.54, 1.807) is 0 Å². The van der Waals surface area contributed by atoms with Gasteiger partial charge in [-0.2, -0.15) is 0 Å². The normalized spacial score (nSPS) is 12.2. The van der Waals surface area contributed by atoms with Crippen molar-refractivity contribution in [3.05, 3.63) is 17.7 Å². The van der Waals surface area contributed by atoms with Crippen LogP contribution in [0.2, 0.25) is 0 Å². The third kappa shape index (κ3) is 6.10. The number of amides is 1. The Morgan fingerprint density at radius 1 is 1.23 bits per heavy atom. The smallest absolute Gasteiger partial charge is 0.326 e. The number of anilines is 1. The number of methoxy groups -OCH3 is 2. The number of carbonyl (C=O) groups is 2. The van der Waals surface area contributed by atoms with E-state index in [4.69, 9.17) is 9.47 Å². The van der Waals surface area contributed by atoms with Gasteiger partial charge in [-0.05, 0) is 18.6 Å². The van der Waals surface area contributed by atoms with Gasteiger partial charge in [-0.3, -0.25) is 9.52 Å². The fourth-order valence-corrected chi connectivity index (χ4v) is 2.83. The molecule has 0 aromatic heterocycles. The van der Waals surface area contributed by atoms with Crippen LogP contribution in [0.25, 0.3) is 0 Å². The van der Waals surface area contributed by atoms with Crippen LogP contribution in [-0.2, 0) is 14.8 Å². The van der Waals surface area contributed by atoms with Crippen LogP contribution in [0.5, 0.6) is 11.5 Å². The number of unbranched alkanes of at least 4 members (excludes halogenated alkanes) is 1. The van der Waals surface area contributed by atoms with Crippen molar-refractivity contribution in [3.63, 3.8) is 0 Å². The minimum absolute atomic E-state index is 0.0138. The Bertz CT molecular complexity index is 762. The first-order chi connectivity index (χ1) is 12.1. The molecular formula is C16H24N2O7S. The van der Waals surface area contributed by atoms with E-state index in [-0.39, 0.29) is 22.7 Å². The summed E-state index contributed by atoms with van der Waals surface area (Å²) in [6.45, 7) is 1.91. The first kappa shape index (κ1) is 21.6. The predicted octanol–water partition coefficient (Wildman–Crippen LogP) is 1.45. The summed E-state index contributed by atoms with van der Waals surface area (Å²) in [7, 11) is -0.969. The zero-order chi connectivity index (χ0) is 19.9. The Hall–Kier alpha value is -2.49. The zero-order valence-electron chi connectivity index (χ0n) is 15.2. The second-order valence-corrected chi connectivity index (χ2v) is 7.39. The molecule has 0 bridgehead atoms. The van der Waals surface area contributed by atoms with Gasteiger partial charge in [0.2, 0.25) is 10.0 Å². The second-order valence-electron chi connectivity index (χ2n) is 5.64. The summed E-state index contributed by atoms with van der Waals surface area (Å²) < 4.78 is 35.6. The molecule has 0 unspecified atom stereocenters. The largest absolute Gasteiger partial charge is 0.493 e. The highest BCUT2D eigenvalue weighted by Gasteiger charge is 2.23. The fraction of sp³-hybridized carbons (Fsp3) is 0.500. The number of hydrogen-bond donors (Lipinski definition) is 3. The molecule has 0 saturated heterocycles. The lowest BCUT2D eigenvalue weighted by molar-refractivity contribution is -0.139. The van der Waals surface area contributed by atoms with Gasteiger partial charge in [-0.25, -0.2) is 13.2 Å². The van der Waals surface area contributed by atoms with Crippen LogP contribution in [0, 0.1) is 0 Å². The third-order valence-corrected chi connectivity index (χ3v) is 4.08. The summed E-state index contributed by atoms with van der Waals surface area (Å²) in [5.41, 5.74) is 0.0523. The number of sulfonamides is 1. The Balaban J connectivity index is 3.23. The lowest BCUT2D eigenvalue weighted by atomic mass is 10.1. The van der Waals surface area contributed by atoms with Gasteiger partial charge < -0.3 is 19.9 Å². The summed E-state index contributed by atoms with van der Waals surface area (Å²) in [4.78, 5) is 23.8. The average molecular weight is 388 g/mol. The Morgan fingerprint density at radius 3 is 2.35 bits per heavy atom. The number of rotatable bonds is 10. The number of carboxylic acids is 1. The molecule has 1 amide bonds. The SMILES string of the molecule is CCCC[C@H](NC(=O)c1cc(NS(C)(=O)=O)c(OC)c(OC)c1)C(=O)O. The van der Waals surface area contributed by atoms with E-state index in [2.05, 4.69) is 10.0 Å². The molecular weight excluding hydrogens is 364 g/mol. The summed E-state index contributed by atoms with van der Waals surface area (Å²) in [5.74, 6) is -1.56. The summed E-state index contributed by atoms with van der Waals surface area (Å²) >= 11 is 0. The lowest BCUT2D eigenvalue weighted by Gasteiger charge is -2.17. The van der Waals surface area contributed by atoms with Crippen LogP contribution in [0.4, 0.5) is 5.69 Å². The van der Waals surface area contributed by atoms with Gasteiger partial charge in [0.15, 0.2) is 11.5 Å². The average Bonchev–Trinajstić information content (AvgIpc) is 2.55. The number of carbonyl (C=O) groups excluding carboxylic acids is 1. The third-order valence-electron chi connectivity index (χ3n) is 3.49. The van der Waals surface area contributed by atoms with Gasteiger partial charge in [0, 0.05) is 5.56 Å². The van der Waals surface area contributed by atoms with Crippen molar-refractivity contribution in [2.75, 3.05) is 25.2 Å². The molecule has 1 rings (SSSR count). The fourth-order valence-electron chi connectivity index (χ4n) is 2.28. The molecule has 146 valence electrons. The van der Waals surface area contributed by atoms with E-state index in [0.29, 0.717) is 12.8 Å². The molecule has 0 aliphatic heterocycles. The summed E-state index contributed by atoms with van der Waals surface area (Å²) in [6.07, 6.45) is 2.68. The standard InChI is InChI=1S/C16H24N2O7S/c1-5-6-7-11(16(20)21)17-15(19)10-8-12(18-26(4,22)23)14(25-3)13(9-10)24-2/h8-9,11,18H,5-7H2,1-4H3,(H,17,19)(H,20,21)/t11-/m0/s1. The van der Waals surface area contributed by atoms with Crippen molar-refractivity contribution in [1.29, 1.82) is 0 Å². The Morgan fingerprint density at radius 2 is 1.88 bits per heavy atom. The van der Waals surface area contributed by atoms with E-state index in [9.17, 15) is 23.1 Å². The number of ether oxygens (including phenoxy) is 2. The van der Waals surface area contributed by atoms with Crippen LogP contribution in [-0.4, -0.2) is 51.9 Å². The van der Waals surface area contributed by atoms with Crippen LogP contribution in [0.3, 0.4) is 0 Å². The van der Waals surface area contributed by atoms with Gasteiger partial charge in [-0.15, -0.1) is 0 Å². The quantitative estimate of drug-likeness (QED) is 0.553. The molecule has 0 aliphatic rings. The van der Waals surface area contributed by atoms with E-state index >= 15 is 0 Å². The van der Waals surface area contributed by atoms with Crippen LogP contribution in [0.1, 0.15) is 36.5 Å². The van der Waals surface area contributed by atoms with E-state index in [1.165, 1.54) is 26.4 Å². The first-order valence-electron chi connectivity index (χ1n) is 7.90.